The summed E-state index contributed by atoms with van der Waals surface area (Å²) < 4.78 is 2.57. The molecule has 1 heterocycles. The van der Waals surface area contributed by atoms with Gasteiger partial charge in [-0.25, -0.2) is 0 Å². The lowest BCUT2D eigenvalue weighted by Gasteiger charge is -2.30. The van der Waals surface area contributed by atoms with Crippen LogP contribution in [0, 0.1) is 0 Å². The van der Waals surface area contributed by atoms with Crippen molar-refractivity contribution in [2.45, 2.75) is 19.3 Å². The number of para-hydroxylation sites is 3. The third kappa shape index (κ3) is 6.38. The lowest BCUT2D eigenvalue weighted by molar-refractivity contribution is 0.660. The Morgan fingerprint density at radius 1 is 0.324 bits per heavy atom. The third-order valence-electron chi connectivity index (χ3n) is 14.2. The minimum Gasteiger partial charge on any atom is -0.310 e. The van der Waals surface area contributed by atoms with Crippen molar-refractivity contribution in [3.05, 3.63) is 254 Å². The van der Waals surface area contributed by atoms with Crippen LogP contribution in [0.5, 0.6) is 0 Å². The van der Waals surface area contributed by atoms with Gasteiger partial charge in [0, 0.05) is 64.8 Å². The number of fused-ring (bicyclic) bond motifs is 11. The van der Waals surface area contributed by atoms with Gasteiger partial charge in [0.1, 0.15) is 0 Å². The number of hydrogen-bond acceptors (Lipinski definition) is 3. The Morgan fingerprint density at radius 3 is 1.49 bits per heavy atom. The summed E-state index contributed by atoms with van der Waals surface area (Å²) in [5, 5.41) is 7.63. The zero-order valence-electron chi connectivity index (χ0n) is 37.9. The molecule has 0 atom stereocenters. The first-order valence-electron chi connectivity index (χ1n) is 23.5. The number of rotatable bonds is 8. The first-order chi connectivity index (χ1) is 33.5. The normalized spacial score (nSPS) is 12.7. The lowest BCUT2D eigenvalue weighted by Crippen LogP contribution is -2.16. The second-order valence-electron chi connectivity index (χ2n) is 18.4. The van der Waals surface area contributed by atoms with Gasteiger partial charge in [0.25, 0.3) is 0 Å². The molecule has 12 aromatic rings. The number of benzene rings is 11. The van der Waals surface area contributed by atoms with E-state index in [-0.39, 0.29) is 5.41 Å². The minimum atomic E-state index is -0.137. The molecule has 0 spiro atoms. The van der Waals surface area contributed by atoms with Gasteiger partial charge in [-0.15, -0.1) is 11.3 Å². The Bertz CT molecular complexity index is 3890. The Hall–Kier alpha value is -8.24. The molecule has 68 heavy (non-hydrogen) atoms. The van der Waals surface area contributed by atoms with Crippen LogP contribution in [0.15, 0.2) is 243 Å². The molecule has 0 N–H and O–H groups in total. The summed E-state index contributed by atoms with van der Waals surface area (Å²) in [6, 6.07) is 89.2. The second-order valence-corrected chi connectivity index (χ2v) is 19.5. The molecule has 11 aromatic carbocycles. The van der Waals surface area contributed by atoms with E-state index in [1.54, 1.807) is 0 Å². The van der Waals surface area contributed by atoms with Crippen molar-refractivity contribution in [3.8, 4) is 33.4 Å². The Balaban J connectivity index is 1.02. The van der Waals surface area contributed by atoms with Crippen molar-refractivity contribution < 1.29 is 0 Å². The Labute approximate surface area is 401 Å². The van der Waals surface area contributed by atoms with Crippen molar-refractivity contribution in [2.75, 3.05) is 9.80 Å². The molecule has 0 bridgehead atoms. The van der Waals surface area contributed by atoms with Crippen LogP contribution in [0.2, 0.25) is 0 Å². The van der Waals surface area contributed by atoms with Crippen molar-refractivity contribution >= 4 is 87.2 Å². The van der Waals surface area contributed by atoms with E-state index in [9.17, 15) is 0 Å². The average Bonchev–Trinajstić information content (AvgIpc) is 3.89. The molecule has 0 saturated heterocycles. The molecule has 0 aliphatic heterocycles. The van der Waals surface area contributed by atoms with Gasteiger partial charge in [-0.2, -0.15) is 0 Å². The van der Waals surface area contributed by atoms with E-state index in [1.165, 1.54) is 86.2 Å². The van der Waals surface area contributed by atoms with Gasteiger partial charge in [-0.3, -0.25) is 0 Å². The van der Waals surface area contributed by atoms with Crippen LogP contribution < -0.4 is 9.80 Å². The summed E-state index contributed by atoms with van der Waals surface area (Å²) in [7, 11) is 0. The highest BCUT2D eigenvalue weighted by atomic mass is 32.1. The van der Waals surface area contributed by atoms with Gasteiger partial charge >= 0.3 is 0 Å². The van der Waals surface area contributed by atoms with Gasteiger partial charge in [-0.05, 0) is 110 Å². The van der Waals surface area contributed by atoms with Gasteiger partial charge in [0.15, 0.2) is 0 Å². The summed E-state index contributed by atoms with van der Waals surface area (Å²) in [6.45, 7) is 4.74. The van der Waals surface area contributed by atoms with Crippen LogP contribution in [-0.4, -0.2) is 0 Å². The van der Waals surface area contributed by atoms with E-state index in [0.29, 0.717) is 0 Å². The first-order valence-corrected chi connectivity index (χ1v) is 24.3. The summed E-state index contributed by atoms with van der Waals surface area (Å²) in [5.74, 6) is 0. The molecule has 13 rings (SSSR count). The van der Waals surface area contributed by atoms with Gasteiger partial charge < -0.3 is 9.80 Å². The maximum Gasteiger partial charge on any atom is 0.0540 e. The van der Waals surface area contributed by atoms with Crippen LogP contribution in [0.4, 0.5) is 34.1 Å². The van der Waals surface area contributed by atoms with Crippen LogP contribution in [0.25, 0.3) is 75.1 Å². The molecule has 3 heteroatoms. The molecule has 322 valence electrons. The average molecular weight is 887 g/mol. The Kier molecular flexibility index (Phi) is 9.42. The molecule has 1 aliphatic carbocycles. The second kappa shape index (κ2) is 16.0. The van der Waals surface area contributed by atoms with E-state index in [1.807, 2.05) is 11.3 Å². The molecule has 2 nitrogen and oxygen atoms in total. The van der Waals surface area contributed by atoms with E-state index in [2.05, 4.69) is 266 Å². The Morgan fingerprint density at radius 2 is 0.809 bits per heavy atom. The zero-order chi connectivity index (χ0) is 45.3. The predicted octanol–water partition coefficient (Wildman–Crippen LogP) is 18.9. The summed E-state index contributed by atoms with van der Waals surface area (Å²) in [5.41, 5.74) is 16.8. The van der Waals surface area contributed by atoms with Crippen molar-refractivity contribution in [1.29, 1.82) is 0 Å². The molecule has 0 amide bonds. The topological polar surface area (TPSA) is 6.48 Å². The SMILES string of the molecule is CC1(C)c2ccccc2-c2ccc(N(c3ccc4c(c3)c3ccccc3c3c5ccc(N(c6ccccc6)c6ccccc6-c6ccccc6)cc5sc43)c3ccccc3-c3ccccc3)cc21. The fraction of sp³-hybridized carbons (Fsp3) is 0.0462. The first kappa shape index (κ1) is 40.1. The van der Waals surface area contributed by atoms with E-state index in [4.69, 9.17) is 0 Å². The van der Waals surface area contributed by atoms with Crippen molar-refractivity contribution in [1.82, 2.24) is 0 Å². The highest BCUT2D eigenvalue weighted by Gasteiger charge is 2.36. The lowest BCUT2D eigenvalue weighted by atomic mass is 9.82. The molecule has 0 saturated carbocycles. The zero-order valence-corrected chi connectivity index (χ0v) is 38.7. The number of hydrogen-bond donors (Lipinski definition) is 0. The standard InChI is InChI=1S/C65H46N2S/c1-65(2)58-31-17-14-29-52(58)53-37-34-47(41-59(53)65)67(61-33-19-16-27-50(61)44-22-8-4-9-23-44)46-35-38-55-57(40-46)51-28-12-13-30-54(51)63-56-39-36-48(42-62(56)68-64(55)63)66(45-24-10-5-11-25-45)60-32-18-15-26-49(60)43-20-6-3-7-21-43/h3-42H,1-2H3. The predicted molar refractivity (Wildman–Crippen MR) is 292 cm³/mol. The van der Waals surface area contributed by atoms with Gasteiger partial charge in [0.05, 0.1) is 11.4 Å². The molecule has 1 aliphatic rings. The van der Waals surface area contributed by atoms with Crippen LogP contribution >= 0.6 is 11.3 Å². The van der Waals surface area contributed by atoms with E-state index in [0.717, 1.165) is 34.1 Å². The van der Waals surface area contributed by atoms with Gasteiger partial charge in [-0.1, -0.05) is 196 Å². The van der Waals surface area contributed by atoms with Crippen LogP contribution in [0.1, 0.15) is 25.0 Å². The third-order valence-corrected chi connectivity index (χ3v) is 15.4. The monoisotopic (exact) mass is 886 g/mol. The van der Waals surface area contributed by atoms with Crippen LogP contribution in [0.3, 0.4) is 0 Å². The molecule has 1 aromatic heterocycles. The summed E-state index contributed by atoms with van der Waals surface area (Å²) >= 11 is 1.90. The highest BCUT2D eigenvalue weighted by Crippen LogP contribution is 2.53. The number of nitrogens with zero attached hydrogens (tertiary/aromatic N) is 2. The molecular weight excluding hydrogens is 841 g/mol. The minimum absolute atomic E-state index is 0.137. The fourth-order valence-corrected chi connectivity index (χ4v) is 12.3. The molecule has 0 radical (unpaired) electrons. The summed E-state index contributed by atoms with van der Waals surface area (Å²) in [4.78, 5) is 4.90. The summed E-state index contributed by atoms with van der Waals surface area (Å²) in [6.07, 6.45) is 0. The quantitative estimate of drug-likeness (QED) is 0.140. The van der Waals surface area contributed by atoms with Crippen molar-refractivity contribution in [2.24, 2.45) is 0 Å². The molecule has 0 unspecified atom stereocenters. The smallest absolute Gasteiger partial charge is 0.0540 e. The maximum absolute atomic E-state index is 2.49. The van der Waals surface area contributed by atoms with Crippen LogP contribution in [-0.2, 0) is 5.41 Å². The van der Waals surface area contributed by atoms with Crippen molar-refractivity contribution in [3.63, 3.8) is 0 Å². The maximum atomic E-state index is 2.49. The van der Waals surface area contributed by atoms with Gasteiger partial charge in [0.2, 0.25) is 0 Å². The number of thiophene rings is 1. The number of anilines is 6. The molecular formula is C65H46N2S. The highest BCUT2D eigenvalue weighted by molar-refractivity contribution is 7.27. The van der Waals surface area contributed by atoms with E-state index < -0.39 is 0 Å². The largest absolute Gasteiger partial charge is 0.310 e. The molecule has 0 fully saturated rings. The fourth-order valence-electron chi connectivity index (χ4n) is 11.0. The van der Waals surface area contributed by atoms with E-state index >= 15 is 0 Å².